The van der Waals surface area contributed by atoms with Gasteiger partial charge in [0.25, 0.3) is 0 Å². The summed E-state index contributed by atoms with van der Waals surface area (Å²) in [6, 6.07) is 4.12. The molecule has 0 aromatic heterocycles. The van der Waals surface area contributed by atoms with Gasteiger partial charge in [-0.15, -0.1) is 0 Å². The SMILES string of the molecule is CN(CC1CCCC1O)C(=O)C1CC1c1cccc(F)c1F. The number of nitrogens with zero attached hydrogens (tertiary/aromatic N) is 1. The van der Waals surface area contributed by atoms with Crippen molar-refractivity contribution in [3.8, 4) is 0 Å². The van der Waals surface area contributed by atoms with Crippen LogP contribution in [0, 0.1) is 23.5 Å². The third-order valence-corrected chi connectivity index (χ3v) is 4.99. The van der Waals surface area contributed by atoms with E-state index in [0.29, 0.717) is 18.5 Å². The zero-order valence-corrected chi connectivity index (χ0v) is 12.6. The summed E-state index contributed by atoms with van der Waals surface area (Å²) in [5, 5.41) is 9.84. The van der Waals surface area contributed by atoms with Gasteiger partial charge >= 0.3 is 0 Å². The molecule has 0 spiro atoms. The summed E-state index contributed by atoms with van der Waals surface area (Å²) in [4.78, 5) is 14.0. The fraction of sp³-hybridized carbons (Fsp3) is 0.588. The third kappa shape index (κ3) is 2.86. The quantitative estimate of drug-likeness (QED) is 0.929. The minimum absolute atomic E-state index is 0.0345. The Morgan fingerprint density at radius 2 is 2.14 bits per heavy atom. The lowest BCUT2D eigenvalue weighted by molar-refractivity contribution is -0.132. The van der Waals surface area contributed by atoms with Gasteiger partial charge in [0.05, 0.1) is 6.10 Å². The highest BCUT2D eigenvalue weighted by atomic mass is 19.2. The zero-order chi connectivity index (χ0) is 15.9. The van der Waals surface area contributed by atoms with Crippen molar-refractivity contribution >= 4 is 5.91 Å². The van der Waals surface area contributed by atoms with Gasteiger partial charge in [-0.05, 0) is 36.8 Å². The number of amides is 1. The summed E-state index contributed by atoms with van der Waals surface area (Å²) < 4.78 is 27.0. The number of halogens is 2. The number of hydrogen-bond donors (Lipinski definition) is 1. The van der Waals surface area contributed by atoms with Gasteiger partial charge in [-0.2, -0.15) is 0 Å². The first-order valence-corrected chi connectivity index (χ1v) is 7.86. The van der Waals surface area contributed by atoms with Gasteiger partial charge in [0.1, 0.15) is 0 Å². The average molecular weight is 309 g/mol. The van der Waals surface area contributed by atoms with Crippen molar-refractivity contribution in [1.82, 2.24) is 4.90 Å². The van der Waals surface area contributed by atoms with Crippen molar-refractivity contribution in [3.63, 3.8) is 0 Å². The molecule has 1 aromatic rings. The van der Waals surface area contributed by atoms with E-state index >= 15 is 0 Å². The Kier molecular flexibility index (Phi) is 4.17. The highest BCUT2D eigenvalue weighted by molar-refractivity contribution is 5.82. The number of benzene rings is 1. The lowest BCUT2D eigenvalue weighted by Crippen LogP contribution is -2.35. The van der Waals surface area contributed by atoms with Crippen LogP contribution in [0.1, 0.15) is 37.2 Å². The van der Waals surface area contributed by atoms with Crippen molar-refractivity contribution in [3.05, 3.63) is 35.4 Å². The molecule has 2 aliphatic carbocycles. The molecule has 3 nitrogen and oxygen atoms in total. The van der Waals surface area contributed by atoms with Gasteiger partial charge in [-0.25, -0.2) is 8.78 Å². The maximum absolute atomic E-state index is 13.8. The lowest BCUT2D eigenvalue weighted by atomic mass is 10.0. The topological polar surface area (TPSA) is 40.5 Å². The van der Waals surface area contributed by atoms with Crippen molar-refractivity contribution in [1.29, 1.82) is 0 Å². The fourth-order valence-corrected chi connectivity index (χ4v) is 3.57. The number of carbonyl (C=O) groups is 1. The highest BCUT2D eigenvalue weighted by Gasteiger charge is 2.47. The minimum Gasteiger partial charge on any atom is -0.393 e. The van der Waals surface area contributed by atoms with Crippen molar-refractivity contribution < 1.29 is 18.7 Å². The number of rotatable bonds is 4. The van der Waals surface area contributed by atoms with Crippen LogP contribution in [0.4, 0.5) is 8.78 Å². The Hall–Kier alpha value is -1.49. The van der Waals surface area contributed by atoms with E-state index < -0.39 is 11.6 Å². The van der Waals surface area contributed by atoms with E-state index in [9.17, 15) is 18.7 Å². The van der Waals surface area contributed by atoms with Gasteiger partial charge in [0.2, 0.25) is 5.91 Å². The van der Waals surface area contributed by atoms with Crippen molar-refractivity contribution in [2.75, 3.05) is 13.6 Å². The van der Waals surface area contributed by atoms with Gasteiger partial charge in [-0.3, -0.25) is 4.79 Å². The van der Waals surface area contributed by atoms with Crippen LogP contribution in [0.2, 0.25) is 0 Å². The zero-order valence-electron chi connectivity index (χ0n) is 12.6. The number of aliphatic hydroxyl groups is 1. The lowest BCUT2D eigenvalue weighted by Gasteiger charge is -2.23. The summed E-state index contributed by atoms with van der Waals surface area (Å²) in [6.45, 7) is 0.537. The van der Waals surface area contributed by atoms with Gasteiger partial charge in [0, 0.05) is 25.4 Å². The Bertz CT molecular complexity index is 578. The van der Waals surface area contributed by atoms with Crippen LogP contribution in [-0.4, -0.2) is 35.6 Å². The van der Waals surface area contributed by atoms with E-state index in [2.05, 4.69) is 0 Å². The summed E-state index contributed by atoms with van der Waals surface area (Å²) >= 11 is 0. The normalized spacial score (nSPS) is 30.4. The van der Waals surface area contributed by atoms with E-state index in [1.54, 1.807) is 18.0 Å². The van der Waals surface area contributed by atoms with Crippen LogP contribution in [0.5, 0.6) is 0 Å². The maximum atomic E-state index is 13.8. The minimum atomic E-state index is -0.863. The van der Waals surface area contributed by atoms with Crippen LogP contribution in [0.25, 0.3) is 0 Å². The highest BCUT2D eigenvalue weighted by Crippen LogP contribution is 2.49. The molecule has 0 heterocycles. The standard InChI is InChI=1S/C17H21F2NO2/c1-20(9-10-4-2-7-15(10)21)17(22)13-8-12(13)11-5-3-6-14(18)16(11)19/h3,5-6,10,12-13,15,21H,2,4,7-9H2,1H3. The molecule has 1 amide bonds. The first kappa shape index (κ1) is 15.4. The Morgan fingerprint density at radius 1 is 1.36 bits per heavy atom. The average Bonchev–Trinajstić information content (AvgIpc) is 3.19. The third-order valence-electron chi connectivity index (χ3n) is 4.99. The molecule has 4 unspecified atom stereocenters. The van der Waals surface area contributed by atoms with Crippen molar-refractivity contribution in [2.45, 2.75) is 37.7 Å². The second-order valence-electron chi connectivity index (χ2n) is 6.57. The van der Waals surface area contributed by atoms with Gasteiger partial charge in [-0.1, -0.05) is 18.6 Å². The van der Waals surface area contributed by atoms with Gasteiger partial charge in [0.15, 0.2) is 11.6 Å². The largest absolute Gasteiger partial charge is 0.393 e. The second kappa shape index (κ2) is 5.95. The molecule has 2 saturated carbocycles. The Morgan fingerprint density at radius 3 is 2.82 bits per heavy atom. The monoisotopic (exact) mass is 309 g/mol. The van der Waals surface area contributed by atoms with Crippen molar-refractivity contribution in [2.24, 2.45) is 11.8 Å². The molecule has 120 valence electrons. The predicted molar refractivity (Wildman–Crippen MR) is 78.2 cm³/mol. The molecule has 3 rings (SSSR count). The Balaban J connectivity index is 1.61. The van der Waals surface area contributed by atoms with Crippen LogP contribution >= 0.6 is 0 Å². The second-order valence-corrected chi connectivity index (χ2v) is 6.57. The molecule has 1 N–H and O–H groups in total. The Labute approximate surface area is 128 Å². The van der Waals surface area contributed by atoms with E-state index in [4.69, 9.17) is 0 Å². The van der Waals surface area contributed by atoms with Crippen LogP contribution in [0.15, 0.2) is 18.2 Å². The first-order valence-electron chi connectivity index (χ1n) is 7.86. The predicted octanol–water partition coefficient (Wildman–Crippen LogP) is 2.69. The van der Waals surface area contributed by atoms with E-state index in [0.717, 1.165) is 25.3 Å². The first-order chi connectivity index (χ1) is 10.5. The molecule has 0 radical (unpaired) electrons. The summed E-state index contributed by atoms with van der Waals surface area (Å²) in [5.74, 6) is -2.08. The van der Waals surface area contributed by atoms with Crippen LogP contribution < -0.4 is 0 Å². The van der Waals surface area contributed by atoms with Gasteiger partial charge < -0.3 is 10.0 Å². The summed E-state index contributed by atoms with van der Waals surface area (Å²) in [5.41, 5.74) is 0.299. The molecule has 0 bridgehead atoms. The molecular weight excluding hydrogens is 288 g/mol. The van der Waals surface area contributed by atoms with Crippen LogP contribution in [-0.2, 0) is 4.79 Å². The molecular formula is C17H21F2NO2. The van der Waals surface area contributed by atoms with E-state index in [1.807, 2.05) is 0 Å². The maximum Gasteiger partial charge on any atom is 0.226 e. The molecule has 1 aromatic carbocycles. The fourth-order valence-electron chi connectivity index (χ4n) is 3.57. The smallest absolute Gasteiger partial charge is 0.226 e. The molecule has 2 aliphatic rings. The summed E-state index contributed by atoms with van der Waals surface area (Å²) in [6.07, 6.45) is 2.97. The molecule has 2 fully saturated rings. The number of carbonyl (C=O) groups excluding carboxylic acids is 1. The molecule has 0 aliphatic heterocycles. The number of hydrogen-bond acceptors (Lipinski definition) is 2. The number of aliphatic hydroxyl groups excluding tert-OH is 1. The molecule has 22 heavy (non-hydrogen) atoms. The van der Waals surface area contributed by atoms with E-state index in [-0.39, 0.29) is 29.8 Å². The molecule has 0 saturated heterocycles. The van der Waals surface area contributed by atoms with Crippen LogP contribution in [0.3, 0.4) is 0 Å². The molecule has 5 heteroatoms. The molecule has 4 atom stereocenters. The van der Waals surface area contributed by atoms with E-state index in [1.165, 1.54) is 6.07 Å². The summed E-state index contributed by atoms with van der Waals surface area (Å²) in [7, 11) is 1.73.